The fourth-order valence-electron chi connectivity index (χ4n) is 2.01. The quantitative estimate of drug-likeness (QED) is 0.488. The third-order valence-corrected chi connectivity index (χ3v) is 4.75. The molecule has 1 aromatic rings. The number of hydrogen-bond donors (Lipinski definition) is 1. The average Bonchev–Trinajstić information content (AvgIpc) is 2.67. The first kappa shape index (κ1) is 21.8. The zero-order valence-corrected chi connectivity index (χ0v) is 16.3. The normalized spacial score (nSPS) is 12.6. The molecule has 0 fully saturated rings. The van der Waals surface area contributed by atoms with Gasteiger partial charge in [0.2, 0.25) is 0 Å². The van der Waals surface area contributed by atoms with Crippen LogP contribution in [0.15, 0.2) is 29.2 Å². The largest absolute Gasteiger partial charge is 0.497 e. The van der Waals surface area contributed by atoms with Gasteiger partial charge in [-0.05, 0) is 30.2 Å². The second-order valence-corrected chi connectivity index (χ2v) is 6.63. The van der Waals surface area contributed by atoms with E-state index in [9.17, 15) is 14.4 Å². The highest BCUT2D eigenvalue weighted by Gasteiger charge is 2.26. The molecular weight excluding hydrogens is 358 g/mol. The molecule has 1 amide bonds. The number of carbonyl (C=O) groups excluding carboxylic acids is 3. The zero-order chi connectivity index (χ0) is 19.5. The van der Waals surface area contributed by atoms with Crippen molar-refractivity contribution in [2.45, 2.75) is 31.2 Å². The van der Waals surface area contributed by atoms with Crippen molar-refractivity contribution in [3.8, 4) is 5.75 Å². The van der Waals surface area contributed by atoms with E-state index < -0.39 is 30.5 Å². The molecular formula is C18H25NO6S. The van der Waals surface area contributed by atoms with Gasteiger partial charge in [-0.3, -0.25) is 9.59 Å². The lowest BCUT2D eigenvalue weighted by atomic mass is 9.99. The summed E-state index contributed by atoms with van der Waals surface area (Å²) in [6, 6.07) is 6.49. The number of carbonyl (C=O) groups is 3. The molecule has 1 N–H and O–H groups in total. The van der Waals surface area contributed by atoms with Crippen LogP contribution in [-0.2, 0) is 23.9 Å². The van der Waals surface area contributed by atoms with Gasteiger partial charge in [0.25, 0.3) is 5.91 Å². The topological polar surface area (TPSA) is 90.9 Å². The Morgan fingerprint density at radius 1 is 1.15 bits per heavy atom. The van der Waals surface area contributed by atoms with Crippen molar-refractivity contribution >= 4 is 29.6 Å². The number of amides is 1. The molecule has 0 aliphatic heterocycles. The maximum Gasteiger partial charge on any atom is 0.328 e. The standard InChI is InChI=1S/C18H25NO6S/c1-5-12(2)17(18(22)24-4)19-15(20)10-25-16(21)11-26-14-8-6-13(23-3)7-9-14/h6-9,12,17H,5,10-11H2,1-4H3,(H,19,20)/t12-,17+/m1/s1. The molecule has 8 heteroatoms. The summed E-state index contributed by atoms with van der Waals surface area (Å²) >= 11 is 1.29. The average molecular weight is 383 g/mol. The summed E-state index contributed by atoms with van der Waals surface area (Å²) in [4.78, 5) is 36.3. The second kappa shape index (κ2) is 11.4. The van der Waals surface area contributed by atoms with Crippen LogP contribution < -0.4 is 10.1 Å². The van der Waals surface area contributed by atoms with Crippen molar-refractivity contribution in [3.63, 3.8) is 0 Å². The molecule has 0 aliphatic carbocycles. The Morgan fingerprint density at radius 3 is 2.35 bits per heavy atom. The molecule has 26 heavy (non-hydrogen) atoms. The van der Waals surface area contributed by atoms with E-state index in [1.54, 1.807) is 19.2 Å². The summed E-state index contributed by atoms with van der Waals surface area (Å²) in [6.07, 6.45) is 0.693. The minimum atomic E-state index is -0.759. The highest BCUT2D eigenvalue weighted by Crippen LogP contribution is 2.21. The smallest absolute Gasteiger partial charge is 0.328 e. The number of ether oxygens (including phenoxy) is 3. The Balaban J connectivity index is 2.40. The number of nitrogens with one attached hydrogen (secondary N) is 1. The second-order valence-electron chi connectivity index (χ2n) is 5.58. The van der Waals surface area contributed by atoms with Crippen molar-refractivity contribution in [2.24, 2.45) is 5.92 Å². The molecule has 0 unspecified atom stereocenters. The van der Waals surface area contributed by atoms with Gasteiger partial charge in [0.05, 0.1) is 20.0 Å². The lowest BCUT2D eigenvalue weighted by Gasteiger charge is -2.21. The van der Waals surface area contributed by atoms with E-state index in [1.165, 1.54) is 18.9 Å². The van der Waals surface area contributed by atoms with Crippen LogP contribution in [0.5, 0.6) is 5.75 Å². The van der Waals surface area contributed by atoms with Gasteiger partial charge in [-0.2, -0.15) is 0 Å². The molecule has 0 aromatic heterocycles. The van der Waals surface area contributed by atoms with Crippen LogP contribution in [-0.4, -0.2) is 50.5 Å². The van der Waals surface area contributed by atoms with E-state index in [-0.39, 0.29) is 11.7 Å². The molecule has 0 aliphatic rings. The van der Waals surface area contributed by atoms with Gasteiger partial charge >= 0.3 is 11.9 Å². The van der Waals surface area contributed by atoms with Crippen LogP contribution in [0, 0.1) is 5.92 Å². The third-order valence-electron chi connectivity index (χ3n) is 3.76. The summed E-state index contributed by atoms with van der Waals surface area (Å²) in [7, 11) is 2.84. The summed E-state index contributed by atoms with van der Waals surface area (Å²) < 4.78 is 14.7. The Kier molecular flexibility index (Phi) is 9.57. The summed E-state index contributed by atoms with van der Waals surface area (Å²) in [5.41, 5.74) is 0. The van der Waals surface area contributed by atoms with Crippen LogP contribution in [0.2, 0.25) is 0 Å². The fourth-order valence-corrected chi connectivity index (χ4v) is 2.71. The van der Waals surface area contributed by atoms with E-state index in [1.807, 2.05) is 26.0 Å². The summed E-state index contributed by atoms with van der Waals surface area (Å²) in [5.74, 6) is -0.856. The lowest BCUT2D eigenvalue weighted by Crippen LogP contribution is -2.47. The van der Waals surface area contributed by atoms with Crippen LogP contribution >= 0.6 is 11.8 Å². The van der Waals surface area contributed by atoms with E-state index in [0.717, 1.165) is 10.6 Å². The molecule has 0 heterocycles. The van der Waals surface area contributed by atoms with E-state index >= 15 is 0 Å². The number of methoxy groups -OCH3 is 2. The van der Waals surface area contributed by atoms with Crippen molar-refractivity contribution in [1.29, 1.82) is 0 Å². The van der Waals surface area contributed by atoms with Gasteiger partial charge in [-0.15, -0.1) is 11.8 Å². The predicted molar refractivity (Wildman–Crippen MR) is 98.1 cm³/mol. The Hall–Kier alpha value is -2.22. The third kappa shape index (κ3) is 7.35. The predicted octanol–water partition coefficient (Wildman–Crippen LogP) is 2.03. The van der Waals surface area contributed by atoms with Gasteiger partial charge in [0.1, 0.15) is 11.8 Å². The SMILES string of the molecule is CC[C@@H](C)[C@H](NC(=O)COC(=O)CSc1ccc(OC)cc1)C(=O)OC. The molecule has 2 atom stereocenters. The number of hydrogen-bond acceptors (Lipinski definition) is 7. The van der Waals surface area contributed by atoms with Crippen molar-refractivity contribution in [1.82, 2.24) is 5.32 Å². The van der Waals surface area contributed by atoms with Gasteiger partial charge in [0.15, 0.2) is 6.61 Å². The van der Waals surface area contributed by atoms with E-state index in [0.29, 0.717) is 6.42 Å². The van der Waals surface area contributed by atoms with Gasteiger partial charge in [-0.25, -0.2) is 4.79 Å². The Labute approximate surface area is 157 Å². The lowest BCUT2D eigenvalue weighted by molar-refractivity contribution is -0.149. The molecule has 0 spiro atoms. The first-order valence-electron chi connectivity index (χ1n) is 8.20. The van der Waals surface area contributed by atoms with Gasteiger partial charge in [-0.1, -0.05) is 20.3 Å². The first-order valence-corrected chi connectivity index (χ1v) is 9.19. The Morgan fingerprint density at radius 2 is 1.81 bits per heavy atom. The van der Waals surface area contributed by atoms with Crippen molar-refractivity contribution in [3.05, 3.63) is 24.3 Å². The van der Waals surface area contributed by atoms with Crippen LogP contribution in [0.25, 0.3) is 0 Å². The molecule has 144 valence electrons. The highest BCUT2D eigenvalue weighted by molar-refractivity contribution is 8.00. The Bertz CT molecular complexity index is 604. The van der Waals surface area contributed by atoms with E-state index in [2.05, 4.69) is 5.32 Å². The highest BCUT2D eigenvalue weighted by atomic mass is 32.2. The maximum absolute atomic E-state index is 11.9. The number of thioether (sulfide) groups is 1. The number of esters is 2. The van der Waals surface area contributed by atoms with Crippen LogP contribution in [0.4, 0.5) is 0 Å². The van der Waals surface area contributed by atoms with Gasteiger partial charge < -0.3 is 19.5 Å². The van der Waals surface area contributed by atoms with E-state index in [4.69, 9.17) is 14.2 Å². The fraction of sp³-hybridized carbons (Fsp3) is 0.500. The maximum atomic E-state index is 11.9. The van der Waals surface area contributed by atoms with Gasteiger partial charge in [0, 0.05) is 4.90 Å². The monoisotopic (exact) mass is 383 g/mol. The van der Waals surface area contributed by atoms with Crippen molar-refractivity contribution < 1.29 is 28.6 Å². The molecule has 0 saturated heterocycles. The van der Waals surface area contributed by atoms with Crippen LogP contribution in [0.3, 0.4) is 0 Å². The number of benzene rings is 1. The molecule has 0 saturated carbocycles. The zero-order valence-electron chi connectivity index (χ0n) is 15.4. The van der Waals surface area contributed by atoms with Crippen molar-refractivity contribution in [2.75, 3.05) is 26.6 Å². The number of rotatable bonds is 10. The summed E-state index contributed by atoms with van der Waals surface area (Å²) in [6.45, 7) is 3.30. The molecule has 0 radical (unpaired) electrons. The summed E-state index contributed by atoms with van der Waals surface area (Å²) in [5, 5.41) is 2.55. The molecule has 1 rings (SSSR count). The minimum Gasteiger partial charge on any atom is -0.497 e. The molecule has 1 aromatic carbocycles. The molecule has 0 bridgehead atoms. The minimum absolute atomic E-state index is 0.0748. The van der Waals surface area contributed by atoms with Crippen LogP contribution in [0.1, 0.15) is 20.3 Å². The molecule has 7 nitrogen and oxygen atoms in total. The first-order chi connectivity index (χ1) is 12.4.